The predicted octanol–water partition coefficient (Wildman–Crippen LogP) is 2.35. The molecule has 44 valence electrons. The molecule has 0 N–H and O–H groups in total. The summed E-state index contributed by atoms with van der Waals surface area (Å²) in [5.74, 6) is 0. The van der Waals surface area contributed by atoms with Crippen LogP contribution in [0, 0.1) is 5.41 Å². The lowest BCUT2D eigenvalue weighted by molar-refractivity contribution is 0.413. The highest BCUT2D eigenvalue weighted by Gasteiger charge is 2.14. The lowest BCUT2D eigenvalue weighted by Crippen LogP contribution is -2.16. The molecule has 0 nitrogen and oxygen atoms in total. The topological polar surface area (TPSA) is 0 Å². The van der Waals surface area contributed by atoms with Gasteiger partial charge in [-0.2, -0.15) is 12.6 Å². The first-order valence-electron chi connectivity index (χ1n) is 2.62. The minimum atomic E-state index is 0.364. The fourth-order valence-electron chi connectivity index (χ4n) is 0. The summed E-state index contributed by atoms with van der Waals surface area (Å²) in [5.41, 5.74) is 0.364. The van der Waals surface area contributed by atoms with E-state index in [0.717, 1.165) is 0 Å². The molecule has 7 heavy (non-hydrogen) atoms. The molecule has 0 saturated carbocycles. The molecular weight excluding hydrogens is 104 g/mol. The Morgan fingerprint density at radius 3 is 1.43 bits per heavy atom. The van der Waals surface area contributed by atoms with Crippen LogP contribution in [0.2, 0.25) is 0 Å². The van der Waals surface area contributed by atoms with Crippen molar-refractivity contribution in [3.05, 3.63) is 0 Å². The van der Waals surface area contributed by atoms with E-state index >= 15 is 0 Å². The van der Waals surface area contributed by atoms with Gasteiger partial charge in [0.1, 0.15) is 0 Å². The van der Waals surface area contributed by atoms with Gasteiger partial charge in [-0.1, -0.05) is 27.7 Å². The van der Waals surface area contributed by atoms with Gasteiger partial charge in [-0.25, -0.2) is 0 Å². The lowest BCUT2D eigenvalue weighted by atomic mass is 9.93. The molecule has 0 saturated heterocycles. The Hall–Kier alpha value is 0.350. The maximum absolute atomic E-state index is 4.28. The van der Waals surface area contributed by atoms with E-state index in [9.17, 15) is 0 Å². The summed E-state index contributed by atoms with van der Waals surface area (Å²) in [6.45, 7) is 8.67. The third kappa shape index (κ3) is 2.98. The third-order valence-corrected chi connectivity index (χ3v) is 2.03. The molecule has 0 heterocycles. The van der Waals surface area contributed by atoms with Crippen LogP contribution in [0.25, 0.3) is 0 Å². The average molecular weight is 118 g/mol. The molecule has 0 aliphatic heterocycles. The van der Waals surface area contributed by atoms with E-state index in [0.29, 0.717) is 10.7 Å². The molecular formula is C6H14S. The van der Waals surface area contributed by atoms with Crippen molar-refractivity contribution in [2.75, 3.05) is 0 Å². The number of hydrogen-bond donors (Lipinski definition) is 1. The van der Waals surface area contributed by atoms with Gasteiger partial charge in [0, 0.05) is 5.25 Å². The van der Waals surface area contributed by atoms with E-state index in [-0.39, 0.29) is 0 Å². The summed E-state index contributed by atoms with van der Waals surface area (Å²) >= 11 is 4.28. The first-order valence-corrected chi connectivity index (χ1v) is 3.14. The van der Waals surface area contributed by atoms with Crippen molar-refractivity contribution in [3.8, 4) is 0 Å². The van der Waals surface area contributed by atoms with Crippen LogP contribution in [0.4, 0.5) is 0 Å². The van der Waals surface area contributed by atoms with Crippen molar-refractivity contribution in [2.45, 2.75) is 32.9 Å². The summed E-state index contributed by atoms with van der Waals surface area (Å²) < 4.78 is 0. The maximum Gasteiger partial charge on any atom is 0.00370 e. The molecule has 0 rings (SSSR count). The Morgan fingerprint density at radius 1 is 1.29 bits per heavy atom. The average Bonchev–Trinajstić information content (AvgIpc) is 1.31. The molecule has 0 aromatic carbocycles. The highest BCUT2D eigenvalue weighted by Crippen LogP contribution is 2.22. The lowest BCUT2D eigenvalue weighted by Gasteiger charge is -2.21. The Bertz CT molecular complexity index is 49.7. The van der Waals surface area contributed by atoms with Crippen LogP contribution in [-0.4, -0.2) is 5.25 Å². The van der Waals surface area contributed by atoms with Crippen LogP contribution < -0.4 is 0 Å². The smallest absolute Gasteiger partial charge is 0.00370 e. The zero-order chi connectivity index (χ0) is 6.08. The van der Waals surface area contributed by atoms with Gasteiger partial charge in [0.05, 0.1) is 0 Å². The molecule has 0 aliphatic rings. The largest absolute Gasteiger partial charge is 0.176 e. The van der Waals surface area contributed by atoms with E-state index in [2.05, 4.69) is 40.3 Å². The summed E-state index contributed by atoms with van der Waals surface area (Å²) in [6.07, 6.45) is 0. The summed E-state index contributed by atoms with van der Waals surface area (Å²) in [4.78, 5) is 0. The van der Waals surface area contributed by atoms with Crippen LogP contribution in [0.15, 0.2) is 0 Å². The second kappa shape index (κ2) is 2.08. The second-order valence-corrected chi connectivity index (χ2v) is 3.82. The Morgan fingerprint density at radius 2 is 1.43 bits per heavy atom. The first kappa shape index (κ1) is 7.35. The van der Waals surface area contributed by atoms with Gasteiger partial charge in [0.2, 0.25) is 0 Å². The quantitative estimate of drug-likeness (QED) is 0.464. The zero-order valence-corrected chi connectivity index (χ0v) is 6.42. The fourth-order valence-corrected chi connectivity index (χ4v) is 0. The second-order valence-electron chi connectivity index (χ2n) is 3.04. The van der Waals surface area contributed by atoms with Gasteiger partial charge in [-0.05, 0) is 5.41 Å². The molecule has 0 bridgehead atoms. The van der Waals surface area contributed by atoms with E-state index in [4.69, 9.17) is 0 Å². The van der Waals surface area contributed by atoms with Gasteiger partial charge < -0.3 is 0 Å². The Kier molecular flexibility index (Phi) is 2.18. The number of thiol groups is 1. The maximum atomic E-state index is 4.28. The first-order chi connectivity index (χ1) is 2.94. The van der Waals surface area contributed by atoms with Crippen molar-refractivity contribution in [1.82, 2.24) is 0 Å². The molecule has 1 heteroatoms. The van der Waals surface area contributed by atoms with Gasteiger partial charge in [0.15, 0.2) is 0 Å². The molecule has 0 aromatic heterocycles. The van der Waals surface area contributed by atoms with Crippen molar-refractivity contribution < 1.29 is 0 Å². The summed E-state index contributed by atoms with van der Waals surface area (Å²) in [7, 11) is 0. The van der Waals surface area contributed by atoms with E-state index in [1.807, 2.05) is 0 Å². The molecule has 0 aromatic rings. The minimum absolute atomic E-state index is 0.364. The van der Waals surface area contributed by atoms with Crippen molar-refractivity contribution in [2.24, 2.45) is 5.41 Å². The SMILES string of the molecule is C[C@H](S)C(C)(C)C. The van der Waals surface area contributed by atoms with Gasteiger partial charge >= 0.3 is 0 Å². The van der Waals surface area contributed by atoms with Crippen LogP contribution >= 0.6 is 12.6 Å². The highest BCUT2D eigenvalue weighted by molar-refractivity contribution is 7.81. The molecule has 0 spiro atoms. The van der Waals surface area contributed by atoms with Crippen LogP contribution in [-0.2, 0) is 0 Å². The summed E-state index contributed by atoms with van der Waals surface area (Å²) in [5, 5.41) is 0.493. The van der Waals surface area contributed by atoms with Crippen molar-refractivity contribution in [3.63, 3.8) is 0 Å². The minimum Gasteiger partial charge on any atom is -0.176 e. The monoisotopic (exact) mass is 118 g/mol. The standard InChI is InChI=1S/C6H14S/c1-5(7)6(2,3)4/h5,7H,1-4H3/t5-/m0/s1. The Labute approximate surface area is 51.7 Å². The molecule has 0 amide bonds. The number of rotatable bonds is 0. The van der Waals surface area contributed by atoms with E-state index < -0.39 is 0 Å². The third-order valence-electron chi connectivity index (χ3n) is 1.25. The van der Waals surface area contributed by atoms with E-state index in [1.54, 1.807) is 0 Å². The van der Waals surface area contributed by atoms with E-state index in [1.165, 1.54) is 0 Å². The van der Waals surface area contributed by atoms with Crippen molar-refractivity contribution >= 4 is 12.6 Å². The molecule has 0 aliphatic carbocycles. The fraction of sp³-hybridized carbons (Fsp3) is 1.00. The predicted molar refractivity (Wildman–Crippen MR) is 37.9 cm³/mol. The van der Waals surface area contributed by atoms with Gasteiger partial charge in [-0.3, -0.25) is 0 Å². The van der Waals surface area contributed by atoms with Gasteiger partial charge in [0.25, 0.3) is 0 Å². The molecule has 0 radical (unpaired) electrons. The summed E-state index contributed by atoms with van der Waals surface area (Å²) in [6, 6.07) is 0. The van der Waals surface area contributed by atoms with Crippen LogP contribution in [0.5, 0.6) is 0 Å². The molecule has 0 fully saturated rings. The van der Waals surface area contributed by atoms with Crippen LogP contribution in [0.1, 0.15) is 27.7 Å². The van der Waals surface area contributed by atoms with Gasteiger partial charge in [-0.15, -0.1) is 0 Å². The Balaban J connectivity index is 3.54. The molecule has 1 atom stereocenters. The van der Waals surface area contributed by atoms with Crippen molar-refractivity contribution in [1.29, 1.82) is 0 Å². The van der Waals surface area contributed by atoms with Crippen LogP contribution in [0.3, 0.4) is 0 Å². The number of hydrogen-bond acceptors (Lipinski definition) is 1. The zero-order valence-electron chi connectivity index (χ0n) is 5.52. The normalized spacial score (nSPS) is 16.7. The molecule has 0 unspecified atom stereocenters. The highest BCUT2D eigenvalue weighted by atomic mass is 32.1.